The minimum Gasteiger partial charge on any atom is -0.493 e. The Morgan fingerprint density at radius 1 is 1.26 bits per heavy atom. The molecule has 1 aromatic carbocycles. The summed E-state index contributed by atoms with van der Waals surface area (Å²) >= 11 is 0. The van der Waals surface area contributed by atoms with Crippen LogP contribution >= 0.6 is 0 Å². The van der Waals surface area contributed by atoms with E-state index >= 15 is 0 Å². The lowest BCUT2D eigenvalue weighted by Gasteiger charge is -2.19. The number of nitrogens with one attached hydrogen (secondary N) is 1. The van der Waals surface area contributed by atoms with Crippen LogP contribution in [-0.2, 0) is 0 Å². The van der Waals surface area contributed by atoms with Gasteiger partial charge in [-0.2, -0.15) is 0 Å². The summed E-state index contributed by atoms with van der Waals surface area (Å²) < 4.78 is 19.6. The quantitative estimate of drug-likeness (QED) is 0.798. The van der Waals surface area contributed by atoms with E-state index in [9.17, 15) is 4.39 Å². The maximum Gasteiger partial charge on any atom is 0.126 e. The third kappa shape index (κ3) is 4.83. The zero-order valence-electron chi connectivity index (χ0n) is 12.7. The van der Waals surface area contributed by atoms with E-state index in [1.54, 1.807) is 19.1 Å². The molecule has 108 valence electrons. The molecule has 0 fully saturated rings. The van der Waals surface area contributed by atoms with Crippen LogP contribution in [0, 0.1) is 18.7 Å². The highest BCUT2D eigenvalue weighted by Crippen LogP contribution is 2.28. The summed E-state index contributed by atoms with van der Waals surface area (Å²) in [6.07, 6.45) is 1.01. The molecule has 0 amide bonds. The zero-order chi connectivity index (χ0) is 14.4. The fourth-order valence-electron chi connectivity index (χ4n) is 1.95. The smallest absolute Gasteiger partial charge is 0.126 e. The van der Waals surface area contributed by atoms with E-state index in [1.807, 2.05) is 13.8 Å². The lowest BCUT2D eigenvalue weighted by atomic mass is 10.0. The number of aryl methyl sites for hydroxylation is 1. The van der Waals surface area contributed by atoms with Gasteiger partial charge in [0, 0.05) is 11.6 Å². The van der Waals surface area contributed by atoms with Crippen LogP contribution in [0.25, 0.3) is 0 Å². The van der Waals surface area contributed by atoms with Crippen molar-refractivity contribution < 1.29 is 9.13 Å². The average Bonchev–Trinajstić information content (AvgIpc) is 2.33. The van der Waals surface area contributed by atoms with Gasteiger partial charge in [-0.1, -0.05) is 20.8 Å². The van der Waals surface area contributed by atoms with E-state index < -0.39 is 0 Å². The summed E-state index contributed by atoms with van der Waals surface area (Å²) in [6.45, 7) is 11.7. The Hall–Kier alpha value is -1.09. The van der Waals surface area contributed by atoms with E-state index in [-0.39, 0.29) is 11.9 Å². The molecule has 0 aliphatic rings. The van der Waals surface area contributed by atoms with Crippen molar-refractivity contribution >= 4 is 0 Å². The van der Waals surface area contributed by atoms with Crippen LogP contribution in [-0.4, -0.2) is 13.2 Å². The van der Waals surface area contributed by atoms with Gasteiger partial charge in [0.15, 0.2) is 0 Å². The normalized spacial score (nSPS) is 12.8. The fraction of sp³-hybridized carbons (Fsp3) is 0.625. The van der Waals surface area contributed by atoms with Gasteiger partial charge in [0.1, 0.15) is 11.6 Å². The highest BCUT2D eigenvalue weighted by atomic mass is 19.1. The molecule has 1 unspecified atom stereocenters. The Labute approximate surface area is 116 Å². The molecule has 0 spiro atoms. The molecule has 0 aliphatic heterocycles. The molecule has 1 aromatic rings. The van der Waals surface area contributed by atoms with E-state index in [0.717, 1.165) is 24.3 Å². The minimum absolute atomic E-state index is 0.0918. The monoisotopic (exact) mass is 267 g/mol. The van der Waals surface area contributed by atoms with Crippen molar-refractivity contribution in [3.63, 3.8) is 0 Å². The van der Waals surface area contributed by atoms with Crippen LogP contribution in [0.2, 0.25) is 0 Å². The summed E-state index contributed by atoms with van der Waals surface area (Å²) in [7, 11) is 0. The van der Waals surface area contributed by atoms with Gasteiger partial charge in [-0.25, -0.2) is 4.39 Å². The first-order valence-electron chi connectivity index (χ1n) is 7.11. The molecule has 2 nitrogen and oxygen atoms in total. The highest BCUT2D eigenvalue weighted by Gasteiger charge is 2.14. The maximum absolute atomic E-state index is 13.7. The van der Waals surface area contributed by atoms with Crippen LogP contribution in [0.3, 0.4) is 0 Å². The highest BCUT2D eigenvalue weighted by molar-refractivity contribution is 5.40. The molecule has 1 N–H and O–H groups in total. The maximum atomic E-state index is 13.7. The van der Waals surface area contributed by atoms with Crippen LogP contribution in [0.4, 0.5) is 4.39 Å². The molecule has 1 atom stereocenters. The third-order valence-electron chi connectivity index (χ3n) is 3.22. The Kier molecular flexibility index (Phi) is 6.29. The Morgan fingerprint density at radius 2 is 1.95 bits per heavy atom. The standard InChI is InChI=1S/C16H26FNO/c1-6-18-13(5)14-10-15(17)12(4)9-16(14)19-8-7-11(2)3/h9-11,13,18H,6-8H2,1-5H3. The number of hydrogen-bond donors (Lipinski definition) is 1. The molecule has 0 bridgehead atoms. The van der Waals surface area contributed by atoms with Gasteiger partial charge in [0.2, 0.25) is 0 Å². The van der Waals surface area contributed by atoms with Crippen molar-refractivity contribution in [1.29, 1.82) is 0 Å². The summed E-state index contributed by atoms with van der Waals surface area (Å²) in [5, 5.41) is 3.30. The Bertz CT molecular complexity index is 404. The number of ether oxygens (including phenoxy) is 1. The first kappa shape index (κ1) is 16.0. The summed E-state index contributed by atoms with van der Waals surface area (Å²) in [5.41, 5.74) is 1.53. The second-order valence-corrected chi connectivity index (χ2v) is 5.45. The SMILES string of the molecule is CCNC(C)c1cc(F)c(C)cc1OCCC(C)C. The van der Waals surface area contributed by atoms with Crippen molar-refractivity contribution in [1.82, 2.24) is 5.32 Å². The molecule has 1 rings (SSSR count). The number of hydrogen-bond acceptors (Lipinski definition) is 2. The van der Waals surface area contributed by atoms with E-state index in [4.69, 9.17) is 4.74 Å². The molecule has 0 saturated heterocycles. The zero-order valence-corrected chi connectivity index (χ0v) is 12.7. The molecule has 0 aliphatic carbocycles. The van der Waals surface area contributed by atoms with Gasteiger partial charge in [-0.15, -0.1) is 0 Å². The Morgan fingerprint density at radius 3 is 2.53 bits per heavy atom. The molecule has 19 heavy (non-hydrogen) atoms. The molecule has 0 saturated carbocycles. The molecule has 0 heterocycles. The number of rotatable bonds is 7. The second-order valence-electron chi connectivity index (χ2n) is 5.45. The van der Waals surface area contributed by atoms with E-state index in [0.29, 0.717) is 18.1 Å². The molecule has 0 radical (unpaired) electrons. The first-order chi connectivity index (χ1) is 8.95. The minimum atomic E-state index is -0.170. The van der Waals surface area contributed by atoms with Gasteiger partial charge in [0.25, 0.3) is 0 Å². The lowest BCUT2D eigenvalue weighted by molar-refractivity contribution is 0.284. The average molecular weight is 267 g/mol. The van der Waals surface area contributed by atoms with Crippen molar-refractivity contribution in [3.05, 3.63) is 29.1 Å². The summed E-state index contributed by atoms with van der Waals surface area (Å²) in [6, 6.07) is 3.49. The molecular formula is C16H26FNO. The largest absolute Gasteiger partial charge is 0.493 e. The van der Waals surface area contributed by atoms with E-state index in [1.165, 1.54) is 0 Å². The number of benzene rings is 1. The predicted octanol–water partition coefficient (Wildman–Crippen LogP) is 4.23. The van der Waals surface area contributed by atoms with Gasteiger partial charge in [-0.05, 0) is 50.4 Å². The third-order valence-corrected chi connectivity index (χ3v) is 3.22. The van der Waals surface area contributed by atoms with Gasteiger partial charge < -0.3 is 10.1 Å². The van der Waals surface area contributed by atoms with Crippen LogP contribution in [0.1, 0.15) is 51.3 Å². The first-order valence-corrected chi connectivity index (χ1v) is 7.11. The number of halogens is 1. The van der Waals surface area contributed by atoms with Crippen molar-refractivity contribution in [2.45, 2.75) is 47.1 Å². The van der Waals surface area contributed by atoms with Crippen molar-refractivity contribution in [2.75, 3.05) is 13.2 Å². The van der Waals surface area contributed by atoms with Crippen LogP contribution in [0.15, 0.2) is 12.1 Å². The Balaban J connectivity index is 2.89. The van der Waals surface area contributed by atoms with Crippen LogP contribution < -0.4 is 10.1 Å². The summed E-state index contributed by atoms with van der Waals surface area (Å²) in [4.78, 5) is 0. The molecule has 3 heteroatoms. The fourth-order valence-corrected chi connectivity index (χ4v) is 1.95. The van der Waals surface area contributed by atoms with Gasteiger partial charge >= 0.3 is 0 Å². The van der Waals surface area contributed by atoms with Crippen LogP contribution in [0.5, 0.6) is 5.75 Å². The van der Waals surface area contributed by atoms with E-state index in [2.05, 4.69) is 19.2 Å². The van der Waals surface area contributed by atoms with Gasteiger partial charge in [-0.3, -0.25) is 0 Å². The molecule has 0 aromatic heterocycles. The second kappa shape index (κ2) is 7.49. The van der Waals surface area contributed by atoms with Gasteiger partial charge in [0.05, 0.1) is 6.61 Å². The lowest BCUT2D eigenvalue weighted by Crippen LogP contribution is -2.19. The molecular weight excluding hydrogens is 241 g/mol. The topological polar surface area (TPSA) is 21.3 Å². The van der Waals surface area contributed by atoms with Crippen molar-refractivity contribution in [3.8, 4) is 5.75 Å². The van der Waals surface area contributed by atoms with Crippen molar-refractivity contribution in [2.24, 2.45) is 5.92 Å². The predicted molar refractivity (Wildman–Crippen MR) is 78.2 cm³/mol. The summed E-state index contributed by atoms with van der Waals surface area (Å²) in [5.74, 6) is 1.24.